The van der Waals surface area contributed by atoms with Crippen molar-refractivity contribution in [3.05, 3.63) is 24.3 Å². The van der Waals surface area contributed by atoms with Crippen LogP contribution in [0.5, 0.6) is 0 Å². The van der Waals surface area contributed by atoms with Gasteiger partial charge in [0.1, 0.15) is 0 Å². The molecule has 1 fully saturated rings. The number of amides is 1. The summed E-state index contributed by atoms with van der Waals surface area (Å²) in [5, 5.41) is 5.93. The Morgan fingerprint density at radius 3 is 2.43 bits per heavy atom. The van der Waals surface area contributed by atoms with Crippen molar-refractivity contribution in [2.24, 2.45) is 0 Å². The molecule has 21 heavy (non-hydrogen) atoms. The van der Waals surface area contributed by atoms with Crippen molar-refractivity contribution in [2.45, 2.75) is 25.8 Å². The minimum Gasteiger partial charge on any atom is -0.325 e. The molecule has 0 radical (unpaired) electrons. The maximum atomic E-state index is 11.9. The number of hydrogen-bond acceptors (Lipinski definition) is 4. The minimum atomic E-state index is -3.27. The second kappa shape index (κ2) is 7.63. The number of benzene rings is 1. The first-order chi connectivity index (χ1) is 9.50. The summed E-state index contributed by atoms with van der Waals surface area (Å²) in [4.78, 5) is 11.9. The van der Waals surface area contributed by atoms with Crippen LogP contribution in [0.15, 0.2) is 24.3 Å². The summed E-state index contributed by atoms with van der Waals surface area (Å²) in [6, 6.07) is 6.49. The second-order valence-corrected chi connectivity index (χ2v) is 6.73. The number of halogens is 1. The highest BCUT2D eigenvalue weighted by Gasteiger charge is 2.21. The first-order valence-corrected chi connectivity index (χ1v) is 8.30. The molecule has 1 saturated heterocycles. The number of nitrogens with one attached hydrogen (secondary N) is 3. The fourth-order valence-electron chi connectivity index (χ4n) is 2.01. The molecule has 0 aliphatic carbocycles. The lowest BCUT2D eigenvalue weighted by Gasteiger charge is -2.12. The van der Waals surface area contributed by atoms with E-state index >= 15 is 0 Å². The molecule has 1 aromatic rings. The van der Waals surface area contributed by atoms with Gasteiger partial charge in [-0.05, 0) is 50.6 Å². The predicted octanol–water partition coefficient (Wildman–Crippen LogP) is 1.56. The smallest absolute Gasteiger partial charge is 0.241 e. The van der Waals surface area contributed by atoms with Gasteiger partial charge in [-0.1, -0.05) is 0 Å². The van der Waals surface area contributed by atoms with Gasteiger partial charge in [0, 0.05) is 11.4 Å². The van der Waals surface area contributed by atoms with Crippen LogP contribution < -0.4 is 15.4 Å². The zero-order valence-corrected chi connectivity index (χ0v) is 13.4. The zero-order chi connectivity index (χ0) is 14.6. The van der Waals surface area contributed by atoms with Crippen LogP contribution in [0.1, 0.15) is 19.8 Å². The van der Waals surface area contributed by atoms with Crippen LogP contribution in [0.25, 0.3) is 0 Å². The van der Waals surface area contributed by atoms with Crippen molar-refractivity contribution in [1.29, 1.82) is 0 Å². The minimum absolute atomic E-state index is 0. The lowest BCUT2D eigenvalue weighted by atomic mass is 10.2. The Kier molecular flexibility index (Phi) is 6.44. The highest BCUT2D eigenvalue weighted by Crippen LogP contribution is 2.16. The monoisotopic (exact) mass is 333 g/mol. The number of carbonyl (C=O) groups is 1. The standard InChI is InChI=1S/C13H19N3O3S.ClH/c1-2-20(18,19)16-11-7-5-10(6-8-11)15-13(17)12-4-3-9-14-12;/h5-8,12,14,16H,2-4,9H2,1H3,(H,15,17);1H/t12-;/m0./s1. The molecule has 1 atom stereocenters. The maximum absolute atomic E-state index is 11.9. The predicted molar refractivity (Wildman–Crippen MR) is 86.4 cm³/mol. The first kappa shape index (κ1) is 17.7. The fourth-order valence-corrected chi connectivity index (χ4v) is 2.65. The Morgan fingerprint density at radius 2 is 1.90 bits per heavy atom. The van der Waals surface area contributed by atoms with E-state index in [2.05, 4.69) is 15.4 Å². The average molecular weight is 334 g/mol. The molecule has 1 heterocycles. The van der Waals surface area contributed by atoms with Crippen molar-refractivity contribution < 1.29 is 13.2 Å². The highest BCUT2D eigenvalue weighted by atomic mass is 35.5. The third kappa shape index (κ3) is 5.18. The molecule has 0 aromatic heterocycles. The molecule has 2 rings (SSSR count). The van der Waals surface area contributed by atoms with Crippen molar-refractivity contribution in [1.82, 2.24) is 5.32 Å². The molecule has 0 bridgehead atoms. The van der Waals surface area contributed by atoms with Crippen LogP contribution in [-0.4, -0.2) is 32.7 Å². The van der Waals surface area contributed by atoms with Crippen LogP contribution in [-0.2, 0) is 14.8 Å². The number of hydrogen-bond donors (Lipinski definition) is 3. The first-order valence-electron chi connectivity index (χ1n) is 6.65. The Bertz CT molecular complexity index is 569. The Hall–Kier alpha value is -1.31. The topological polar surface area (TPSA) is 87.3 Å². The van der Waals surface area contributed by atoms with Crippen LogP contribution in [0.4, 0.5) is 11.4 Å². The van der Waals surface area contributed by atoms with Crippen LogP contribution >= 0.6 is 12.4 Å². The number of sulfonamides is 1. The SMILES string of the molecule is CCS(=O)(=O)Nc1ccc(NC(=O)[C@@H]2CCCN2)cc1.Cl. The molecular weight excluding hydrogens is 314 g/mol. The summed E-state index contributed by atoms with van der Waals surface area (Å²) in [6.07, 6.45) is 1.86. The average Bonchev–Trinajstić information content (AvgIpc) is 2.95. The van der Waals surface area contributed by atoms with Crippen LogP contribution in [0.2, 0.25) is 0 Å². The van der Waals surface area contributed by atoms with E-state index in [4.69, 9.17) is 0 Å². The molecule has 1 aliphatic heterocycles. The van der Waals surface area contributed by atoms with Gasteiger partial charge in [-0.25, -0.2) is 8.42 Å². The number of rotatable bonds is 5. The summed E-state index contributed by atoms with van der Waals surface area (Å²) in [6.45, 7) is 2.45. The van der Waals surface area contributed by atoms with E-state index in [9.17, 15) is 13.2 Å². The molecule has 118 valence electrons. The van der Waals surface area contributed by atoms with Gasteiger partial charge < -0.3 is 10.6 Å². The Morgan fingerprint density at radius 1 is 1.29 bits per heavy atom. The van der Waals surface area contributed by atoms with Gasteiger partial charge in [-0.3, -0.25) is 9.52 Å². The summed E-state index contributed by atoms with van der Waals surface area (Å²) in [7, 11) is -3.27. The summed E-state index contributed by atoms with van der Waals surface area (Å²) in [5.74, 6) is -0.0249. The molecule has 0 spiro atoms. The van der Waals surface area contributed by atoms with E-state index in [0.29, 0.717) is 11.4 Å². The lowest BCUT2D eigenvalue weighted by molar-refractivity contribution is -0.117. The van der Waals surface area contributed by atoms with Gasteiger partial charge in [0.15, 0.2) is 0 Å². The second-order valence-electron chi connectivity index (χ2n) is 4.72. The van der Waals surface area contributed by atoms with Crippen molar-refractivity contribution in [2.75, 3.05) is 22.3 Å². The molecule has 1 aromatic carbocycles. The molecule has 0 saturated carbocycles. The molecule has 3 N–H and O–H groups in total. The highest BCUT2D eigenvalue weighted by molar-refractivity contribution is 7.92. The largest absolute Gasteiger partial charge is 0.325 e. The van der Waals surface area contributed by atoms with Crippen molar-refractivity contribution in [3.63, 3.8) is 0 Å². The zero-order valence-electron chi connectivity index (χ0n) is 11.8. The molecule has 8 heteroatoms. The summed E-state index contributed by atoms with van der Waals surface area (Å²) in [5.41, 5.74) is 1.15. The fraction of sp³-hybridized carbons (Fsp3) is 0.462. The van der Waals surface area contributed by atoms with Gasteiger partial charge in [0.05, 0.1) is 11.8 Å². The van der Waals surface area contributed by atoms with E-state index in [1.165, 1.54) is 0 Å². The van der Waals surface area contributed by atoms with E-state index < -0.39 is 10.0 Å². The van der Waals surface area contributed by atoms with Gasteiger partial charge >= 0.3 is 0 Å². The Balaban J connectivity index is 0.00000220. The lowest BCUT2D eigenvalue weighted by Crippen LogP contribution is -2.35. The molecule has 1 aliphatic rings. The van der Waals surface area contributed by atoms with Crippen LogP contribution in [0, 0.1) is 0 Å². The van der Waals surface area contributed by atoms with Gasteiger partial charge in [-0.15, -0.1) is 12.4 Å². The quantitative estimate of drug-likeness (QED) is 0.763. The van der Waals surface area contributed by atoms with E-state index in [1.54, 1.807) is 31.2 Å². The van der Waals surface area contributed by atoms with E-state index in [-0.39, 0.29) is 30.1 Å². The van der Waals surface area contributed by atoms with E-state index in [0.717, 1.165) is 19.4 Å². The Labute approximate surface area is 131 Å². The number of carbonyl (C=O) groups excluding carboxylic acids is 1. The summed E-state index contributed by atoms with van der Waals surface area (Å²) < 4.78 is 25.3. The van der Waals surface area contributed by atoms with Gasteiger partial charge in [0.25, 0.3) is 0 Å². The third-order valence-electron chi connectivity index (χ3n) is 3.18. The maximum Gasteiger partial charge on any atom is 0.241 e. The van der Waals surface area contributed by atoms with Crippen molar-refractivity contribution >= 4 is 39.7 Å². The molecular formula is C13H20ClN3O3S. The molecule has 0 unspecified atom stereocenters. The normalized spacial score (nSPS) is 17.9. The van der Waals surface area contributed by atoms with Gasteiger partial charge in [0.2, 0.25) is 15.9 Å². The van der Waals surface area contributed by atoms with Crippen LogP contribution in [0.3, 0.4) is 0 Å². The number of anilines is 2. The summed E-state index contributed by atoms with van der Waals surface area (Å²) >= 11 is 0. The third-order valence-corrected chi connectivity index (χ3v) is 4.49. The van der Waals surface area contributed by atoms with Crippen molar-refractivity contribution in [3.8, 4) is 0 Å². The molecule has 6 nitrogen and oxygen atoms in total. The molecule has 1 amide bonds. The van der Waals surface area contributed by atoms with E-state index in [1.807, 2.05) is 0 Å². The van der Waals surface area contributed by atoms with Gasteiger partial charge in [-0.2, -0.15) is 0 Å².